The van der Waals surface area contributed by atoms with Crippen molar-refractivity contribution < 1.29 is 5.11 Å². The van der Waals surface area contributed by atoms with Crippen LogP contribution in [0.4, 0.5) is 11.5 Å². The van der Waals surface area contributed by atoms with Crippen LogP contribution in [0.1, 0.15) is 25.3 Å². The minimum Gasteiger partial charge on any atom is -0.392 e. The number of hydrogen-bond acceptors (Lipinski definition) is 3. The van der Waals surface area contributed by atoms with Gasteiger partial charge in [-0.05, 0) is 30.2 Å². The van der Waals surface area contributed by atoms with Gasteiger partial charge in [0.15, 0.2) is 5.82 Å². The molecule has 1 aromatic carbocycles. The molecule has 0 saturated heterocycles. The second-order valence-corrected chi connectivity index (χ2v) is 5.06. The van der Waals surface area contributed by atoms with Crippen LogP contribution in [0.3, 0.4) is 0 Å². The lowest BCUT2D eigenvalue weighted by Gasteiger charge is -2.24. The lowest BCUT2D eigenvalue weighted by Crippen LogP contribution is -2.20. The first-order valence-electron chi connectivity index (χ1n) is 6.84. The Hall–Kier alpha value is -1.58. The number of hydrogen-bond donors (Lipinski definition) is 1. The summed E-state index contributed by atoms with van der Waals surface area (Å²) in [6.45, 7) is 2.98. The first-order chi connectivity index (χ1) is 9.76. The third-order valence-corrected chi connectivity index (χ3v) is 3.40. The summed E-state index contributed by atoms with van der Waals surface area (Å²) in [6, 6.07) is 11.9. The third kappa shape index (κ3) is 3.50. The Morgan fingerprint density at radius 2 is 2.00 bits per heavy atom. The van der Waals surface area contributed by atoms with E-state index in [-0.39, 0.29) is 6.61 Å². The second-order valence-electron chi connectivity index (χ2n) is 4.65. The number of pyridine rings is 1. The van der Waals surface area contributed by atoms with E-state index in [1.165, 1.54) is 0 Å². The highest BCUT2D eigenvalue weighted by Gasteiger charge is 2.14. The molecule has 0 radical (unpaired) electrons. The number of aliphatic hydroxyl groups is 1. The quantitative estimate of drug-likeness (QED) is 0.867. The molecule has 1 N–H and O–H groups in total. The summed E-state index contributed by atoms with van der Waals surface area (Å²) in [4.78, 5) is 6.53. The maximum Gasteiger partial charge on any atom is 0.151 e. The van der Waals surface area contributed by atoms with Crippen molar-refractivity contribution in [1.29, 1.82) is 0 Å². The highest BCUT2D eigenvalue weighted by atomic mass is 35.5. The highest BCUT2D eigenvalue weighted by Crippen LogP contribution is 2.30. The molecular weight excluding hydrogens is 272 g/mol. The second kappa shape index (κ2) is 7.27. The van der Waals surface area contributed by atoms with Gasteiger partial charge in [-0.15, -0.1) is 0 Å². The predicted octanol–water partition coefficient (Wildman–Crippen LogP) is 4.17. The molecule has 0 aliphatic rings. The number of unbranched alkanes of at least 4 members (excludes halogenated alkanes) is 1. The molecule has 1 heterocycles. The van der Waals surface area contributed by atoms with Crippen LogP contribution in [-0.2, 0) is 6.61 Å². The molecule has 0 aliphatic heterocycles. The van der Waals surface area contributed by atoms with Gasteiger partial charge in [-0.25, -0.2) is 4.98 Å². The normalized spacial score (nSPS) is 10.6. The molecule has 0 amide bonds. The number of rotatable bonds is 6. The largest absolute Gasteiger partial charge is 0.392 e. The third-order valence-electron chi connectivity index (χ3n) is 3.12. The van der Waals surface area contributed by atoms with Crippen molar-refractivity contribution in [2.75, 3.05) is 11.4 Å². The molecule has 1 aromatic heterocycles. The maximum absolute atomic E-state index is 9.14. The Morgan fingerprint density at radius 1 is 1.25 bits per heavy atom. The van der Waals surface area contributed by atoms with E-state index in [1.54, 1.807) is 12.3 Å². The van der Waals surface area contributed by atoms with E-state index in [4.69, 9.17) is 16.7 Å². The van der Waals surface area contributed by atoms with Gasteiger partial charge in [0.25, 0.3) is 0 Å². The number of aromatic nitrogens is 1. The van der Waals surface area contributed by atoms with Crippen molar-refractivity contribution in [1.82, 2.24) is 4.98 Å². The van der Waals surface area contributed by atoms with E-state index < -0.39 is 0 Å². The molecule has 106 valence electrons. The van der Waals surface area contributed by atoms with Crippen LogP contribution >= 0.6 is 11.6 Å². The predicted molar refractivity (Wildman–Crippen MR) is 83.5 cm³/mol. The van der Waals surface area contributed by atoms with Crippen molar-refractivity contribution in [3.63, 3.8) is 0 Å². The van der Waals surface area contributed by atoms with Crippen LogP contribution < -0.4 is 4.90 Å². The van der Waals surface area contributed by atoms with Crippen LogP contribution in [0.2, 0.25) is 5.02 Å². The van der Waals surface area contributed by atoms with E-state index in [0.29, 0.717) is 5.02 Å². The van der Waals surface area contributed by atoms with E-state index in [0.717, 1.165) is 36.5 Å². The van der Waals surface area contributed by atoms with Crippen LogP contribution in [0.5, 0.6) is 0 Å². The smallest absolute Gasteiger partial charge is 0.151 e. The van der Waals surface area contributed by atoms with E-state index in [9.17, 15) is 0 Å². The molecule has 2 aromatic rings. The van der Waals surface area contributed by atoms with Crippen LogP contribution in [0.15, 0.2) is 42.6 Å². The van der Waals surface area contributed by atoms with Crippen LogP contribution in [0, 0.1) is 0 Å². The summed E-state index contributed by atoms with van der Waals surface area (Å²) in [7, 11) is 0. The summed E-state index contributed by atoms with van der Waals surface area (Å²) in [6.07, 6.45) is 3.84. The van der Waals surface area contributed by atoms with Gasteiger partial charge in [0.05, 0.1) is 11.6 Å². The minimum atomic E-state index is -0.0483. The Balaban J connectivity index is 2.36. The number of benzene rings is 1. The van der Waals surface area contributed by atoms with Crippen molar-refractivity contribution in [2.45, 2.75) is 26.4 Å². The number of anilines is 2. The van der Waals surface area contributed by atoms with E-state index in [1.807, 2.05) is 30.3 Å². The molecule has 4 heteroatoms. The number of para-hydroxylation sites is 1. The standard InChI is InChI=1S/C16H19ClN2O/c1-2-3-9-19(14-7-5-4-6-8-14)16-15(17)10-13(12-20)11-18-16/h4-8,10-11,20H,2-3,9,12H2,1H3. The number of aliphatic hydroxyl groups excluding tert-OH is 1. The molecule has 3 nitrogen and oxygen atoms in total. The van der Waals surface area contributed by atoms with Gasteiger partial charge in [-0.2, -0.15) is 0 Å². The van der Waals surface area contributed by atoms with Gasteiger partial charge in [-0.3, -0.25) is 0 Å². The average molecular weight is 291 g/mol. The van der Waals surface area contributed by atoms with Crippen LogP contribution in [-0.4, -0.2) is 16.6 Å². The molecular formula is C16H19ClN2O. The van der Waals surface area contributed by atoms with Gasteiger partial charge in [0.2, 0.25) is 0 Å². The summed E-state index contributed by atoms with van der Waals surface area (Å²) < 4.78 is 0. The molecule has 0 aliphatic carbocycles. The topological polar surface area (TPSA) is 36.4 Å². The Kier molecular flexibility index (Phi) is 5.39. The van der Waals surface area contributed by atoms with Gasteiger partial charge in [0.1, 0.15) is 0 Å². The van der Waals surface area contributed by atoms with Gasteiger partial charge >= 0.3 is 0 Å². The molecule has 0 spiro atoms. The average Bonchev–Trinajstić information content (AvgIpc) is 2.50. The number of nitrogens with zero attached hydrogens (tertiary/aromatic N) is 2. The van der Waals surface area contributed by atoms with Crippen molar-refractivity contribution in [2.24, 2.45) is 0 Å². The minimum absolute atomic E-state index is 0.0483. The lowest BCUT2D eigenvalue weighted by atomic mass is 10.2. The molecule has 0 atom stereocenters. The molecule has 2 rings (SSSR count). The fourth-order valence-corrected chi connectivity index (χ4v) is 2.33. The monoisotopic (exact) mass is 290 g/mol. The molecule has 0 bridgehead atoms. The van der Waals surface area contributed by atoms with E-state index in [2.05, 4.69) is 16.8 Å². The van der Waals surface area contributed by atoms with Crippen molar-refractivity contribution in [3.8, 4) is 0 Å². The summed E-state index contributed by atoms with van der Waals surface area (Å²) in [5.74, 6) is 0.739. The maximum atomic E-state index is 9.14. The van der Waals surface area contributed by atoms with Gasteiger partial charge in [0, 0.05) is 18.4 Å². The fraction of sp³-hybridized carbons (Fsp3) is 0.312. The summed E-state index contributed by atoms with van der Waals surface area (Å²) >= 11 is 6.32. The van der Waals surface area contributed by atoms with Crippen molar-refractivity contribution >= 4 is 23.1 Å². The SMILES string of the molecule is CCCCN(c1ccccc1)c1ncc(CO)cc1Cl. The Bertz CT molecular complexity index is 545. The number of halogens is 1. The summed E-state index contributed by atoms with van der Waals surface area (Å²) in [5.41, 5.74) is 1.80. The van der Waals surface area contributed by atoms with Gasteiger partial charge in [-0.1, -0.05) is 43.1 Å². The fourth-order valence-electron chi connectivity index (χ4n) is 2.04. The van der Waals surface area contributed by atoms with Gasteiger partial charge < -0.3 is 10.0 Å². The molecule has 0 fully saturated rings. The van der Waals surface area contributed by atoms with Crippen molar-refractivity contribution in [3.05, 3.63) is 53.2 Å². The lowest BCUT2D eigenvalue weighted by molar-refractivity contribution is 0.281. The first-order valence-corrected chi connectivity index (χ1v) is 7.22. The Morgan fingerprint density at radius 3 is 2.60 bits per heavy atom. The molecule has 0 unspecified atom stereocenters. The zero-order chi connectivity index (χ0) is 14.4. The highest BCUT2D eigenvalue weighted by molar-refractivity contribution is 6.33. The Labute approximate surface area is 124 Å². The van der Waals surface area contributed by atoms with Crippen LogP contribution in [0.25, 0.3) is 0 Å². The zero-order valence-electron chi connectivity index (χ0n) is 11.6. The molecule has 20 heavy (non-hydrogen) atoms. The molecule has 0 saturated carbocycles. The zero-order valence-corrected chi connectivity index (χ0v) is 12.3. The summed E-state index contributed by atoms with van der Waals surface area (Å²) in [5, 5.41) is 9.70. The first kappa shape index (κ1) is 14.8. The van der Waals surface area contributed by atoms with E-state index >= 15 is 0 Å².